The van der Waals surface area contributed by atoms with Crippen LogP contribution in [0.4, 0.5) is 13.2 Å². The number of alkyl halides is 7. The van der Waals surface area contributed by atoms with Gasteiger partial charge in [-0.2, -0.15) is 8.78 Å². The summed E-state index contributed by atoms with van der Waals surface area (Å²) in [5, 5.41) is -9.48. The molecule has 0 saturated heterocycles. The molecule has 2 atom stereocenters. The summed E-state index contributed by atoms with van der Waals surface area (Å²) >= 11 is 19.0. The van der Waals surface area contributed by atoms with Crippen molar-refractivity contribution >= 4 is 46.4 Å². The lowest BCUT2D eigenvalue weighted by Crippen LogP contribution is -2.43. The number of hydrogen-bond donors (Lipinski definition) is 0. The number of rotatable bonds is 3. The van der Waals surface area contributed by atoms with E-state index >= 15 is 0 Å². The quantitative estimate of drug-likeness (QED) is 0.671. The van der Waals surface area contributed by atoms with Crippen LogP contribution in [0.3, 0.4) is 0 Å². The van der Waals surface area contributed by atoms with Gasteiger partial charge in [-0.1, -0.05) is 11.6 Å². The Balaban J connectivity index is 4.45. The van der Waals surface area contributed by atoms with Gasteiger partial charge in [0, 0.05) is 5.88 Å². The highest BCUT2D eigenvalue weighted by atomic mass is 35.5. The Labute approximate surface area is 81.5 Å². The van der Waals surface area contributed by atoms with Crippen molar-refractivity contribution < 1.29 is 13.2 Å². The zero-order valence-corrected chi connectivity index (χ0v) is 7.95. The van der Waals surface area contributed by atoms with Gasteiger partial charge in [-0.3, -0.25) is 0 Å². The van der Waals surface area contributed by atoms with Gasteiger partial charge in [-0.15, -0.1) is 23.2 Å². The molecule has 0 spiro atoms. The maximum atomic E-state index is 12.7. The van der Waals surface area contributed by atoms with Gasteiger partial charge in [0.1, 0.15) is 5.38 Å². The Morgan fingerprint density at radius 3 is 1.64 bits per heavy atom. The van der Waals surface area contributed by atoms with E-state index in [2.05, 4.69) is 11.6 Å². The van der Waals surface area contributed by atoms with Crippen molar-refractivity contribution in [2.75, 3.05) is 5.88 Å². The largest absolute Gasteiger partial charge is 0.370 e. The molecule has 68 valence electrons. The minimum atomic E-state index is -4.23. The Morgan fingerprint density at radius 1 is 1.18 bits per heavy atom. The fraction of sp³-hybridized carbons (Fsp3) is 1.00. The van der Waals surface area contributed by atoms with Gasteiger partial charge in [0.25, 0.3) is 5.13 Å². The van der Waals surface area contributed by atoms with E-state index in [1.54, 1.807) is 0 Å². The van der Waals surface area contributed by atoms with Crippen LogP contribution in [-0.2, 0) is 0 Å². The van der Waals surface area contributed by atoms with E-state index in [1.165, 1.54) is 0 Å². The van der Waals surface area contributed by atoms with Crippen LogP contribution in [0, 0.1) is 0 Å². The van der Waals surface area contributed by atoms with Gasteiger partial charge >= 0.3 is 5.38 Å². The smallest absolute Gasteiger partial charge is 0.216 e. The van der Waals surface area contributed by atoms with Crippen molar-refractivity contribution in [1.29, 1.82) is 0 Å². The van der Waals surface area contributed by atoms with E-state index in [4.69, 9.17) is 34.8 Å². The lowest BCUT2D eigenvalue weighted by molar-refractivity contribution is -0.0188. The molecule has 0 aromatic carbocycles. The van der Waals surface area contributed by atoms with Gasteiger partial charge in [0.05, 0.1) is 0 Å². The van der Waals surface area contributed by atoms with Crippen LogP contribution in [0.25, 0.3) is 0 Å². The van der Waals surface area contributed by atoms with E-state index in [0.717, 1.165) is 0 Å². The van der Waals surface area contributed by atoms with E-state index in [9.17, 15) is 13.2 Å². The van der Waals surface area contributed by atoms with Crippen LogP contribution in [-0.4, -0.2) is 21.8 Å². The molecule has 0 heterocycles. The molecule has 0 rings (SSSR count). The van der Waals surface area contributed by atoms with Crippen LogP contribution in [0.1, 0.15) is 0 Å². The van der Waals surface area contributed by atoms with Crippen LogP contribution in [0.5, 0.6) is 0 Å². The molecular formula is C4H3Cl4F3. The van der Waals surface area contributed by atoms with Crippen LogP contribution < -0.4 is 0 Å². The highest BCUT2D eigenvalue weighted by Gasteiger charge is 2.57. The van der Waals surface area contributed by atoms with Gasteiger partial charge < -0.3 is 0 Å². The molecule has 0 aliphatic carbocycles. The Kier molecular flexibility index (Phi) is 4.10. The van der Waals surface area contributed by atoms with Crippen LogP contribution in [0.2, 0.25) is 0 Å². The van der Waals surface area contributed by atoms with Crippen molar-refractivity contribution in [3.8, 4) is 0 Å². The zero-order chi connectivity index (χ0) is 9.28. The lowest BCUT2D eigenvalue weighted by atomic mass is 10.3. The fourth-order valence-corrected chi connectivity index (χ4v) is 0.968. The molecule has 11 heavy (non-hydrogen) atoms. The molecule has 0 amide bonds. The molecule has 7 heteroatoms. The Morgan fingerprint density at radius 2 is 1.55 bits per heavy atom. The summed E-state index contributed by atoms with van der Waals surface area (Å²) in [5.41, 5.74) is 0. The SMILES string of the molecule is FC(F)(Cl)C(F)(Cl)C(Cl)CCl. The third kappa shape index (κ3) is 2.72. The first-order valence-corrected chi connectivity index (χ1v) is 4.10. The summed E-state index contributed by atoms with van der Waals surface area (Å²) in [6.45, 7) is 0. The van der Waals surface area contributed by atoms with Gasteiger partial charge in [0.2, 0.25) is 0 Å². The molecule has 0 aliphatic heterocycles. The van der Waals surface area contributed by atoms with E-state index in [0.29, 0.717) is 0 Å². The van der Waals surface area contributed by atoms with E-state index < -0.39 is 21.8 Å². The highest BCUT2D eigenvalue weighted by molar-refractivity contribution is 6.39. The summed E-state index contributed by atoms with van der Waals surface area (Å²) in [4.78, 5) is 0. The first kappa shape index (κ1) is 11.9. The highest BCUT2D eigenvalue weighted by Crippen LogP contribution is 2.44. The first-order chi connectivity index (χ1) is 4.73. The van der Waals surface area contributed by atoms with Gasteiger partial charge in [-0.25, -0.2) is 4.39 Å². The van der Waals surface area contributed by atoms with Crippen molar-refractivity contribution in [1.82, 2.24) is 0 Å². The minimum Gasteiger partial charge on any atom is -0.216 e. The van der Waals surface area contributed by atoms with Crippen LogP contribution >= 0.6 is 46.4 Å². The van der Waals surface area contributed by atoms with Crippen molar-refractivity contribution in [3.05, 3.63) is 0 Å². The second-order valence-corrected chi connectivity index (χ2v) is 3.60. The van der Waals surface area contributed by atoms with E-state index in [-0.39, 0.29) is 0 Å². The minimum absolute atomic E-state index is 0.552. The Bertz CT molecular complexity index is 132. The molecular weight excluding hydrogens is 247 g/mol. The standard InChI is InChI=1S/C4H3Cl4F3/c5-1-2(6)3(7,9)4(8,10)11/h2H,1H2. The molecule has 0 aromatic rings. The van der Waals surface area contributed by atoms with Gasteiger partial charge in [0.15, 0.2) is 0 Å². The summed E-state index contributed by atoms with van der Waals surface area (Å²) in [7, 11) is 0. The maximum absolute atomic E-state index is 12.7. The second-order valence-electron chi connectivity index (χ2n) is 1.74. The topological polar surface area (TPSA) is 0 Å². The molecule has 0 fully saturated rings. The predicted molar refractivity (Wildman–Crippen MR) is 40.9 cm³/mol. The maximum Gasteiger partial charge on any atom is 0.370 e. The average molecular weight is 250 g/mol. The first-order valence-electron chi connectivity index (χ1n) is 2.38. The third-order valence-corrected chi connectivity index (χ3v) is 2.81. The predicted octanol–water partition coefficient (Wildman–Crippen LogP) is 3.57. The molecule has 0 nitrogen and oxygen atoms in total. The monoisotopic (exact) mass is 248 g/mol. The van der Waals surface area contributed by atoms with Crippen molar-refractivity contribution in [2.24, 2.45) is 0 Å². The summed E-state index contributed by atoms with van der Waals surface area (Å²) < 4.78 is 36.8. The fourth-order valence-electron chi connectivity index (χ4n) is 0.274. The molecule has 0 N–H and O–H groups in total. The summed E-state index contributed by atoms with van der Waals surface area (Å²) in [6.07, 6.45) is 0. The Hall–Kier alpha value is 0.950. The van der Waals surface area contributed by atoms with Crippen LogP contribution in [0.15, 0.2) is 0 Å². The molecule has 0 aromatic heterocycles. The van der Waals surface area contributed by atoms with Gasteiger partial charge in [-0.05, 0) is 11.6 Å². The third-order valence-electron chi connectivity index (χ3n) is 0.907. The number of hydrogen-bond acceptors (Lipinski definition) is 0. The molecule has 2 unspecified atom stereocenters. The normalized spacial score (nSPS) is 21.0. The summed E-state index contributed by atoms with van der Waals surface area (Å²) in [5.74, 6) is -0.552. The summed E-state index contributed by atoms with van der Waals surface area (Å²) in [6, 6.07) is 0. The number of halogens is 7. The molecule has 0 bridgehead atoms. The zero-order valence-electron chi connectivity index (χ0n) is 4.93. The molecule has 0 saturated carbocycles. The average Bonchev–Trinajstić information content (AvgIpc) is 1.83. The van der Waals surface area contributed by atoms with E-state index in [1.807, 2.05) is 0 Å². The molecule has 0 aliphatic rings. The van der Waals surface area contributed by atoms with Crippen molar-refractivity contribution in [2.45, 2.75) is 15.9 Å². The molecule has 0 radical (unpaired) electrons. The lowest BCUT2D eigenvalue weighted by Gasteiger charge is -2.25. The van der Waals surface area contributed by atoms with Crippen molar-refractivity contribution in [3.63, 3.8) is 0 Å². The second kappa shape index (κ2) is 3.77.